The highest BCUT2D eigenvalue weighted by Crippen LogP contribution is 2.25. The lowest BCUT2D eigenvalue weighted by atomic mass is 10.2. The summed E-state index contributed by atoms with van der Waals surface area (Å²) in [4.78, 5) is 39.0. The number of amides is 3. The summed E-state index contributed by atoms with van der Waals surface area (Å²) in [5, 5.41) is 8.32. The highest BCUT2D eigenvalue weighted by molar-refractivity contribution is 8.00. The Morgan fingerprint density at radius 1 is 0.872 bits per heavy atom. The van der Waals surface area contributed by atoms with Gasteiger partial charge in [-0.05, 0) is 67.6 Å². The molecule has 0 fully saturated rings. The fourth-order valence-corrected chi connectivity index (χ4v) is 4.18. The van der Waals surface area contributed by atoms with E-state index in [-0.39, 0.29) is 17.4 Å². The monoisotopic (exact) mass is 541 g/mol. The lowest BCUT2D eigenvalue weighted by Crippen LogP contribution is -2.30. The van der Waals surface area contributed by atoms with Gasteiger partial charge in [-0.25, -0.2) is 0 Å². The average Bonchev–Trinajstić information content (AvgIpc) is 3.47. The second-order valence-corrected chi connectivity index (χ2v) is 9.19. The van der Waals surface area contributed by atoms with E-state index in [1.807, 2.05) is 25.1 Å². The zero-order chi connectivity index (χ0) is 27.5. The zero-order valence-corrected chi connectivity index (χ0v) is 22.0. The molecule has 0 aliphatic rings. The molecule has 0 spiro atoms. The normalized spacial score (nSPS) is 10.9. The predicted octanol–water partition coefficient (Wildman–Crippen LogP) is 5.82. The summed E-state index contributed by atoms with van der Waals surface area (Å²) in [5.74, 6) is 0.154. The summed E-state index contributed by atoms with van der Waals surface area (Å²) < 4.78 is 10.9. The number of carbonyl (C=O) groups excluding carboxylic acids is 3. The third kappa shape index (κ3) is 8.11. The second-order valence-electron chi connectivity index (χ2n) is 8.14. The molecule has 4 rings (SSSR count). The Hall–Kier alpha value is -4.76. The van der Waals surface area contributed by atoms with E-state index < -0.39 is 11.8 Å². The Labute approximate surface area is 230 Å². The van der Waals surface area contributed by atoms with Crippen molar-refractivity contribution in [1.29, 1.82) is 0 Å². The first kappa shape index (κ1) is 27.3. The predicted molar refractivity (Wildman–Crippen MR) is 153 cm³/mol. The van der Waals surface area contributed by atoms with Crippen molar-refractivity contribution in [2.75, 3.05) is 23.0 Å². The molecule has 1 aromatic heterocycles. The first-order valence-electron chi connectivity index (χ1n) is 12.2. The van der Waals surface area contributed by atoms with E-state index in [2.05, 4.69) is 16.0 Å². The number of benzene rings is 3. The van der Waals surface area contributed by atoms with E-state index in [0.717, 1.165) is 4.90 Å². The van der Waals surface area contributed by atoms with Gasteiger partial charge in [-0.2, -0.15) is 0 Å². The quantitative estimate of drug-likeness (QED) is 0.163. The van der Waals surface area contributed by atoms with Crippen LogP contribution in [0.15, 0.2) is 112 Å². The van der Waals surface area contributed by atoms with Crippen molar-refractivity contribution in [2.24, 2.45) is 0 Å². The molecule has 3 N–H and O–H groups in total. The summed E-state index contributed by atoms with van der Waals surface area (Å²) in [6, 6.07) is 26.3. The van der Waals surface area contributed by atoms with Gasteiger partial charge in [0.05, 0.1) is 24.3 Å². The number of ether oxygens (including phenoxy) is 1. The van der Waals surface area contributed by atoms with Crippen LogP contribution in [0.5, 0.6) is 5.75 Å². The molecule has 9 heteroatoms. The fourth-order valence-electron chi connectivity index (χ4n) is 3.48. The molecule has 3 aromatic carbocycles. The summed E-state index contributed by atoms with van der Waals surface area (Å²) in [5.41, 5.74) is 1.60. The van der Waals surface area contributed by atoms with E-state index >= 15 is 0 Å². The van der Waals surface area contributed by atoms with Crippen LogP contribution >= 0.6 is 11.8 Å². The van der Waals surface area contributed by atoms with Gasteiger partial charge in [-0.3, -0.25) is 14.4 Å². The summed E-state index contributed by atoms with van der Waals surface area (Å²) in [6.07, 6.45) is 2.94. The molecule has 0 atom stereocenters. The van der Waals surface area contributed by atoms with Crippen LogP contribution in [0.4, 0.5) is 11.4 Å². The smallest absolute Gasteiger partial charge is 0.272 e. The fraction of sp³-hybridized carbons (Fsp3) is 0.100. The Balaban J connectivity index is 1.36. The molecular weight excluding hydrogens is 514 g/mol. The Morgan fingerprint density at radius 2 is 1.62 bits per heavy atom. The van der Waals surface area contributed by atoms with Crippen molar-refractivity contribution >= 4 is 46.9 Å². The van der Waals surface area contributed by atoms with E-state index in [9.17, 15) is 14.4 Å². The molecule has 8 nitrogen and oxygen atoms in total. The minimum atomic E-state index is -0.511. The van der Waals surface area contributed by atoms with Gasteiger partial charge in [-0.15, -0.1) is 11.8 Å². The number of rotatable bonds is 11. The van der Waals surface area contributed by atoms with Crippen LogP contribution in [0.25, 0.3) is 6.08 Å². The van der Waals surface area contributed by atoms with Gasteiger partial charge in [-0.1, -0.05) is 30.3 Å². The standard InChI is InChI=1S/C30H27N3O5S/c1-2-37-27-13-7-6-12-25(27)32-28(34)20-39-24-16-14-22(15-17-24)31-30(36)26(19-23-11-8-18-38-23)33-29(35)21-9-4-3-5-10-21/h3-19H,2,20H2,1H3,(H,31,36)(H,32,34)(H,33,35)/b26-19-. The van der Waals surface area contributed by atoms with Crippen molar-refractivity contribution in [3.05, 3.63) is 114 Å². The Kier molecular flexibility index (Phi) is 9.57. The van der Waals surface area contributed by atoms with Gasteiger partial charge >= 0.3 is 0 Å². The summed E-state index contributed by atoms with van der Waals surface area (Å²) in [7, 11) is 0. The molecular formula is C30H27N3O5S. The minimum absolute atomic E-state index is 0.0289. The highest BCUT2D eigenvalue weighted by Gasteiger charge is 2.16. The van der Waals surface area contributed by atoms with E-state index in [1.165, 1.54) is 24.1 Å². The third-order valence-electron chi connectivity index (χ3n) is 5.30. The molecule has 1 heterocycles. The molecule has 39 heavy (non-hydrogen) atoms. The number of hydrogen-bond acceptors (Lipinski definition) is 6. The Morgan fingerprint density at radius 3 is 2.33 bits per heavy atom. The van der Waals surface area contributed by atoms with Crippen molar-refractivity contribution in [1.82, 2.24) is 5.32 Å². The second kappa shape index (κ2) is 13.7. The van der Waals surface area contributed by atoms with Gasteiger partial charge < -0.3 is 25.1 Å². The maximum Gasteiger partial charge on any atom is 0.272 e. The van der Waals surface area contributed by atoms with Crippen molar-refractivity contribution in [3.8, 4) is 5.75 Å². The van der Waals surface area contributed by atoms with Crippen LogP contribution in [0.3, 0.4) is 0 Å². The largest absolute Gasteiger partial charge is 0.492 e. The first-order valence-corrected chi connectivity index (χ1v) is 13.2. The van der Waals surface area contributed by atoms with E-state index in [4.69, 9.17) is 9.15 Å². The molecule has 0 saturated heterocycles. The van der Waals surface area contributed by atoms with Gasteiger partial charge in [0, 0.05) is 22.2 Å². The molecule has 0 radical (unpaired) electrons. The molecule has 198 valence electrons. The van der Waals surface area contributed by atoms with Crippen molar-refractivity contribution in [3.63, 3.8) is 0 Å². The molecule has 3 amide bonds. The van der Waals surface area contributed by atoms with Gasteiger partial charge in [0.25, 0.3) is 11.8 Å². The molecule has 0 saturated carbocycles. The first-order chi connectivity index (χ1) is 19.0. The number of hydrogen-bond donors (Lipinski definition) is 3. The number of nitrogens with one attached hydrogen (secondary N) is 3. The van der Waals surface area contributed by atoms with Crippen LogP contribution in [0.2, 0.25) is 0 Å². The molecule has 0 unspecified atom stereocenters. The van der Waals surface area contributed by atoms with Gasteiger partial charge in [0.15, 0.2) is 0 Å². The number of anilines is 2. The number of thioether (sulfide) groups is 1. The molecule has 0 bridgehead atoms. The van der Waals surface area contributed by atoms with Crippen LogP contribution < -0.4 is 20.7 Å². The maximum atomic E-state index is 13.0. The summed E-state index contributed by atoms with van der Waals surface area (Å²) >= 11 is 1.36. The summed E-state index contributed by atoms with van der Waals surface area (Å²) in [6.45, 7) is 2.39. The Bertz CT molecular complexity index is 1440. The lowest BCUT2D eigenvalue weighted by molar-refractivity contribution is -0.114. The van der Waals surface area contributed by atoms with Crippen LogP contribution in [-0.2, 0) is 9.59 Å². The molecule has 4 aromatic rings. The van der Waals surface area contributed by atoms with Gasteiger partial charge in [0.2, 0.25) is 5.91 Å². The van der Waals surface area contributed by atoms with Gasteiger partial charge in [0.1, 0.15) is 17.2 Å². The molecule has 0 aliphatic heterocycles. The SMILES string of the molecule is CCOc1ccccc1NC(=O)CSc1ccc(NC(=O)/C(=C/c2ccco2)NC(=O)c2ccccc2)cc1. The van der Waals surface area contributed by atoms with Crippen LogP contribution in [0.1, 0.15) is 23.0 Å². The maximum absolute atomic E-state index is 13.0. The van der Waals surface area contributed by atoms with Crippen molar-refractivity contribution in [2.45, 2.75) is 11.8 Å². The third-order valence-corrected chi connectivity index (χ3v) is 6.31. The topological polar surface area (TPSA) is 110 Å². The lowest BCUT2D eigenvalue weighted by Gasteiger charge is -2.12. The zero-order valence-electron chi connectivity index (χ0n) is 21.2. The number of carbonyl (C=O) groups is 3. The minimum Gasteiger partial charge on any atom is -0.492 e. The van der Waals surface area contributed by atoms with E-state index in [1.54, 1.807) is 72.8 Å². The number of para-hydroxylation sites is 2. The highest BCUT2D eigenvalue weighted by atomic mass is 32.2. The average molecular weight is 542 g/mol. The number of furan rings is 1. The van der Waals surface area contributed by atoms with Crippen LogP contribution in [0, 0.1) is 0 Å². The molecule has 0 aliphatic carbocycles. The van der Waals surface area contributed by atoms with E-state index in [0.29, 0.717) is 35.1 Å². The van der Waals surface area contributed by atoms with Crippen molar-refractivity contribution < 1.29 is 23.5 Å². The van der Waals surface area contributed by atoms with Crippen LogP contribution in [-0.4, -0.2) is 30.1 Å².